The first kappa shape index (κ1) is 28.3. The molecule has 1 saturated carbocycles. The number of ether oxygens (including phenoxy) is 4. The van der Waals surface area contributed by atoms with Crippen LogP contribution in [0.25, 0.3) is 0 Å². The van der Waals surface area contributed by atoms with E-state index in [9.17, 15) is 9.59 Å². The van der Waals surface area contributed by atoms with Crippen molar-refractivity contribution >= 4 is 12.1 Å². The van der Waals surface area contributed by atoms with Gasteiger partial charge in [-0.1, -0.05) is 18.2 Å². The number of piperidine rings is 1. The zero-order chi connectivity index (χ0) is 26.0. The Morgan fingerprint density at radius 1 is 1.08 bits per heavy atom. The minimum atomic E-state index is -0.513. The lowest BCUT2D eigenvalue weighted by Gasteiger charge is -2.36. The minimum absolute atomic E-state index is 0.00331. The summed E-state index contributed by atoms with van der Waals surface area (Å²) in [5.41, 5.74) is 0.692. The summed E-state index contributed by atoms with van der Waals surface area (Å²) in [4.78, 5) is 23.9. The standard InChI is InChI=1S/C28H44N2O6/c1-5-33-26(31)16-18-34-25-11-7-6-9-22(25)20-12-14-21(15-13-20)35-19-24-23(10-8-17-29-24)30-27(32)36-28(2,3)4/h6-7,9,11,20-21,23-24,29H,5,8,10,12-19H2,1-4H3,(H,30,32)/t20?,21?,23-,24-/m0/s1. The van der Waals surface area contributed by atoms with Crippen molar-refractivity contribution in [3.05, 3.63) is 29.8 Å². The third kappa shape index (κ3) is 9.28. The molecular formula is C28H44N2O6. The first-order valence-corrected chi connectivity index (χ1v) is 13.5. The fourth-order valence-electron chi connectivity index (χ4n) is 4.97. The van der Waals surface area contributed by atoms with Crippen LogP contribution >= 0.6 is 0 Å². The van der Waals surface area contributed by atoms with E-state index in [0.717, 1.165) is 50.8 Å². The number of hydrogen-bond donors (Lipinski definition) is 2. The normalized spacial score (nSPS) is 24.6. The molecule has 36 heavy (non-hydrogen) atoms. The maximum absolute atomic E-state index is 12.3. The van der Waals surface area contributed by atoms with Gasteiger partial charge >= 0.3 is 12.1 Å². The molecular weight excluding hydrogens is 460 g/mol. The fraction of sp³-hybridized carbons (Fsp3) is 0.714. The van der Waals surface area contributed by atoms with E-state index in [1.807, 2.05) is 39.0 Å². The molecule has 2 N–H and O–H groups in total. The number of hydrogen-bond acceptors (Lipinski definition) is 7. The average molecular weight is 505 g/mol. The molecule has 1 heterocycles. The summed E-state index contributed by atoms with van der Waals surface area (Å²) in [6.45, 7) is 9.63. The zero-order valence-electron chi connectivity index (χ0n) is 22.3. The second-order valence-electron chi connectivity index (χ2n) is 10.7. The highest BCUT2D eigenvalue weighted by atomic mass is 16.6. The SMILES string of the molecule is CCOC(=O)CCOc1ccccc1C1CCC(OC[C@@H]2NCCC[C@@H]2NC(=O)OC(C)(C)C)CC1. The van der Waals surface area contributed by atoms with Crippen molar-refractivity contribution in [1.29, 1.82) is 0 Å². The van der Waals surface area contributed by atoms with E-state index < -0.39 is 5.60 Å². The molecule has 2 aliphatic rings. The number of para-hydroxylation sites is 1. The van der Waals surface area contributed by atoms with Crippen LogP contribution in [-0.4, -0.2) is 62.2 Å². The van der Waals surface area contributed by atoms with Crippen molar-refractivity contribution in [2.75, 3.05) is 26.4 Å². The van der Waals surface area contributed by atoms with Crippen molar-refractivity contribution in [1.82, 2.24) is 10.6 Å². The van der Waals surface area contributed by atoms with E-state index in [0.29, 0.717) is 25.7 Å². The van der Waals surface area contributed by atoms with Gasteiger partial charge in [0.05, 0.1) is 38.4 Å². The van der Waals surface area contributed by atoms with Crippen LogP contribution in [0.15, 0.2) is 24.3 Å². The summed E-state index contributed by atoms with van der Waals surface area (Å²) >= 11 is 0. The van der Waals surface area contributed by atoms with Crippen LogP contribution < -0.4 is 15.4 Å². The number of benzene rings is 1. The first-order chi connectivity index (χ1) is 17.2. The van der Waals surface area contributed by atoms with E-state index in [2.05, 4.69) is 16.7 Å². The molecule has 8 nitrogen and oxygen atoms in total. The lowest BCUT2D eigenvalue weighted by atomic mass is 9.82. The minimum Gasteiger partial charge on any atom is -0.493 e. The average Bonchev–Trinajstić information content (AvgIpc) is 2.83. The van der Waals surface area contributed by atoms with Crippen LogP contribution in [0.3, 0.4) is 0 Å². The highest BCUT2D eigenvalue weighted by molar-refractivity contribution is 5.69. The highest BCUT2D eigenvalue weighted by Crippen LogP contribution is 2.38. The first-order valence-electron chi connectivity index (χ1n) is 13.5. The van der Waals surface area contributed by atoms with Gasteiger partial charge in [-0.25, -0.2) is 4.79 Å². The van der Waals surface area contributed by atoms with Gasteiger partial charge in [-0.2, -0.15) is 0 Å². The van der Waals surface area contributed by atoms with Crippen molar-refractivity contribution in [3.63, 3.8) is 0 Å². The molecule has 0 radical (unpaired) electrons. The van der Waals surface area contributed by atoms with E-state index in [-0.39, 0.29) is 36.7 Å². The Hall–Kier alpha value is -2.32. The molecule has 0 spiro atoms. The van der Waals surface area contributed by atoms with Crippen molar-refractivity contribution < 1.29 is 28.5 Å². The van der Waals surface area contributed by atoms with Gasteiger partial charge in [0.1, 0.15) is 11.4 Å². The zero-order valence-corrected chi connectivity index (χ0v) is 22.3. The smallest absolute Gasteiger partial charge is 0.407 e. The highest BCUT2D eigenvalue weighted by Gasteiger charge is 2.30. The molecule has 1 aliphatic carbocycles. The number of carbonyl (C=O) groups excluding carboxylic acids is 2. The number of carbonyl (C=O) groups is 2. The molecule has 1 saturated heterocycles. The number of amides is 1. The molecule has 0 bridgehead atoms. The summed E-state index contributed by atoms with van der Waals surface area (Å²) in [5.74, 6) is 1.04. The van der Waals surface area contributed by atoms with Crippen LogP contribution in [0, 0.1) is 0 Å². The van der Waals surface area contributed by atoms with Gasteiger partial charge in [0.25, 0.3) is 0 Å². The Bertz CT molecular complexity index is 832. The van der Waals surface area contributed by atoms with Crippen molar-refractivity contribution in [3.8, 4) is 5.75 Å². The van der Waals surface area contributed by atoms with Crippen LogP contribution in [0.1, 0.15) is 84.1 Å². The second-order valence-corrected chi connectivity index (χ2v) is 10.7. The quantitative estimate of drug-likeness (QED) is 0.446. The van der Waals surface area contributed by atoms with Crippen LogP contribution in [0.5, 0.6) is 5.75 Å². The predicted octanol–water partition coefficient (Wildman–Crippen LogP) is 4.71. The fourth-order valence-corrected chi connectivity index (χ4v) is 4.97. The van der Waals surface area contributed by atoms with Crippen LogP contribution in [-0.2, 0) is 19.0 Å². The molecule has 1 aliphatic heterocycles. The molecule has 0 unspecified atom stereocenters. The lowest BCUT2D eigenvalue weighted by molar-refractivity contribution is -0.143. The van der Waals surface area contributed by atoms with Gasteiger partial charge in [-0.05, 0) is 90.3 Å². The van der Waals surface area contributed by atoms with Gasteiger partial charge in [-0.15, -0.1) is 0 Å². The summed E-state index contributed by atoms with van der Waals surface area (Å²) in [6.07, 6.45) is 6.05. The molecule has 2 atom stereocenters. The number of rotatable bonds is 10. The number of esters is 1. The molecule has 1 amide bonds. The summed E-state index contributed by atoms with van der Waals surface area (Å²) in [7, 11) is 0. The maximum Gasteiger partial charge on any atom is 0.407 e. The molecule has 3 rings (SSSR count). The second kappa shape index (κ2) is 13.8. The Morgan fingerprint density at radius 2 is 1.83 bits per heavy atom. The van der Waals surface area contributed by atoms with E-state index in [1.54, 1.807) is 6.92 Å². The lowest BCUT2D eigenvalue weighted by Crippen LogP contribution is -2.56. The number of nitrogens with one attached hydrogen (secondary N) is 2. The Labute approximate surface area is 215 Å². The van der Waals surface area contributed by atoms with Crippen molar-refractivity contribution in [2.45, 2.75) is 102 Å². The van der Waals surface area contributed by atoms with E-state index in [1.165, 1.54) is 5.56 Å². The summed E-state index contributed by atoms with van der Waals surface area (Å²) in [5, 5.41) is 6.54. The topological polar surface area (TPSA) is 95.1 Å². The largest absolute Gasteiger partial charge is 0.493 e. The molecule has 1 aromatic rings. The molecule has 8 heteroatoms. The monoisotopic (exact) mass is 504 g/mol. The molecule has 0 aromatic heterocycles. The Kier molecular flexibility index (Phi) is 10.9. The summed E-state index contributed by atoms with van der Waals surface area (Å²) in [6, 6.07) is 8.21. The van der Waals surface area contributed by atoms with Crippen LogP contribution in [0.2, 0.25) is 0 Å². The van der Waals surface area contributed by atoms with Gasteiger partial charge < -0.3 is 29.6 Å². The predicted molar refractivity (Wildman–Crippen MR) is 138 cm³/mol. The third-order valence-corrected chi connectivity index (χ3v) is 6.70. The summed E-state index contributed by atoms with van der Waals surface area (Å²) < 4.78 is 22.7. The van der Waals surface area contributed by atoms with E-state index in [4.69, 9.17) is 18.9 Å². The van der Waals surface area contributed by atoms with E-state index >= 15 is 0 Å². The molecule has 1 aromatic carbocycles. The van der Waals surface area contributed by atoms with Crippen LogP contribution in [0.4, 0.5) is 4.79 Å². The maximum atomic E-state index is 12.3. The van der Waals surface area contributed by atoms with Gasteiger partial charge in [0, 0.05) is 6.04 Å². The Balaban J connectivity index is 1.45. The van der Waals surface area contributed by atoms with Crippen molar-refractivity contribution in [2.24, 2.45) is 0 Å². The Morgan fingerprint density at radius 3 is 2.56 bits per heavy atom. The molecule has 2 fully saturated rings. The molecule has 202 valence electrons. The number of alkyl carbamates (subject to hydrolysis) is 1. The van der Waals surface area contributed by atoms with Gasteiger partial charge in [-0.3, -0.25) is 4.79 Å². The van der Waals surface area contributed by atoms with Gasteiger partial charge in [0.15, 0.2) is 0 Å². The van der Waals surface area contributed by atoms with Gasteiger partial charge in [0.2, 0.25) is 0 Å². The third-order valence-electron chi connectivity index (χ3n) is 6.70.